The number of likely N-dealkylation sites (tertiary alicyclic amines) is 1. The van der Waals surface area contributed by atoms with Gasteiger partial charge in [0.25, 0.3) is 0 Å². The Labute approximate surface area is 142 Å². The summed E-state index contributed by atoms with van der Waals surface area (Å²) in [5, 5.41) is 2.99. The maximum Gasteiger partial charge on any atom is 0.337 e. The molecule has 0 aromatic heterocycles. The summed E-state index contributed by atoms with van der Waals surface area (Å²) in [5.74, 6) is 0.138. The van der Waals surface area contributed by atoms with E-state index in [1.54, 1.807) is 36.4 Å². The van der Waals surface area contributed by atoms with Gasteiger partial charge in [-0.3, -0.25) is 4.79 Å². The van der Waals surface area contributed by atoms with Gasteiger partial charge in [0.05, 0.1) is 12.7 Å². The number of methoxy groups -OCH3 is 1. The summed E-state index contributed by atoms with van der Waals surface area (Å²) in [6, 6.07) is 7.78. The van der Waals surface area contributed by atoms with E-state index in [0.717, 1.165) is 24.7 Å². The van der Waals surface area contributed by atoms with Gasteiger partial charge in [0.15, 0.2) is 0 Å². The lowest BCUT2D eigenvalue weighted by molar-refractivity contribution is -0.116. The molecule has 0 bridgehead atoms. The summed E-state index contributed by atoms with van der Waals surface area (Å²) in [6.07, 6.45) is 7.16. The molecule has 128 valence electrons. The summed E-state index contributed by atoms with van der Waals surface area (Å²) in [7, 11) is 1.36. The number of nitrogens with one attached hydrogen (secondary N) is 1. The molecule has 0 unspecified atom stereocenters. The molecular weight excluding hydrogens is 304 g/mol. The Morgan fingerprint density at radius 3 is 2.67 bits per heavy atom. The average Bonchev–Trinajstić information content (AvgIpc) is 3.36. The van der Waals surface area contributed by atoms with Crippen LogP contribution in [0.25, 0.3) is 6.08 Å². The van der Waals surface area contributed by atoms with Gasteiger partial charge < -0.3 is 15.0 Å². The molecule has 1 amide bonds. The van der Waals surface area contributed by atoms with E-state index >= 15 is 0 Å². The van der Waals surface area contributed by atoms with E-state index in [1.807, 2.05) is 0 Å². The van der Waals surface area contributed by atoms with Crippen molar-refractivity contribution in [1.29, 1.82) is 0 Å². The van der Waals surface area contributed by atoms with Crippen molar-refractivity contribution < 1.29 is 14.3 Å². The molecule has 1 saturated heterocycles. The zero-order valence-electron chi connectivity index (χ0n) is 14.0. The number of rotatable bonds is 6. The zero-order valence-corrected chi connectivity index (χ0v) is 14.0. The number of carbonyl (C=O) groups is 2. The van der Waals surface area contributed by atoms with Crippen molar-refractivity contribution in [3.63, 3.8) is 0 Å². The van der Waals surface area contributed by atoms with Gasteiger partial charge in [-0.1, -0.05) is 12.1 Å². The van der Waals surface area contributed by atoms with Crippen molar-refractivity contribution in [3.05, 3.63) is 41.5 Å². The zero-order chi connectivity index (χ0) is 16.9. The summed E-state index contributed by atoms with van der Waals surface area (Å²) in [5.41, 5.74) is 1.37. The van der Waals surface area contributed by atoms with Gasteiger partial charge in [-0.15, -0.1) is 0 Å². The molecule has 1 aliphatic heterocycles. The van der Waals surface area contributed by atoms with Crippen LogP contribution in [0.1, 0.15) is 35.2 Å². The van der Waals surface area contributed by atoms with Crippen LogP contribution < -0.4 is 5.32 Å². The van der Waals surface area contributed by atoms with Gasteiger partial charge >= 0.3 is 5.97 Å². The first-order valence-corrected chi connectivity index (χ1v) is 8.54. The second kappa shape index (κ2) is 7.62. The highest BCUT2D eigenvalue weighted by molar-refractivity contribution is 5.92. The minimum atomic E-state index is -0.361. The van der Waals surface area contributed by atoms with E-state index in [2.05, 4.69) is 15.0 Å². The van der Waals surface area contributed by atoms with E-state index < -0.39 is 0 Å². The molecule has 0 radical (unpaired) electrons. The number of amides is 1. The van der Waals surface area contributed by atoms with Crippen LogP contribution in [-0.4, -0.2) is 49.6 Å². The molecule has 0 spiro atoms. The molecule has 1 heterocycles. The summed E-state index contributed by atoms with van der Waals surface area (Å²) in [4.78, 5) is 25.9. The van der Waals surface area contributed by atoms with Crippen molar-refractivity contribution in [2.24, 2.45) is 5.92 Å². The van der Waals surface area contributed by atoms with Gasteiger partial charge in [0, 0.05) is 25.2 Å². The minimum absolute atomic E-state index is 0.0723. The molecular formula is C19H24N2O3. The number of carbonyl (C=O) groups excluding carboxylic acids is 2. The Morgan fingerprint density at radius 2 is 2.00 bits per heavy atom. The summed E-state index contributed by atoms with van der Waals surface area (Å²) < 4.78 is 4.66. The fourth-order valence-electron chi connectivity index (χ4n) is 3.12. The Morgan fingerprint density at radius 1 is 1.25 bits per heavy atom. The third-order valence-corrected chi connectivity index (χ3v) is 4.70. The van der Waals surface area contributed by atoms with E-state index in [1.165, 1.54) is 32.9 Å². The molecule has 3 rings (SSSR count). The minimum Gasteiger partial charge on any atom is -0.465 e. The topological polar surface area (TPSA) is 58.6 Å². The van der Waals surface area contributed by atoms with Crippen molar-refractivity contribution in [3.8, 4) is 0 Å². The van der Waals surface area contributed by atoms with Gasteiger partial charge in [-0.05, 0) is 55.5 Å². The second-order valence-corrected chi connectivity index (χ2v) is 6.57. The molecule has 1 aromatic carbocycles. The number of hydrogen-bond donors (Lipinski definition) is 1. The number of benzene rings is 1. The molecule has 2 fully saturated rings. The molecule has 1 atom stereocenters. The van der Waals surface area contributed by atoms with Crippen LogP contribution in [0.5, 0.6) is 0 Å². The highest BCUT2D eigenvalue weighted by atomic mass is 16.5. The van der Waals surface area contributed by atoms with E-state index in [9.17, 15) is 9.59 Å². The number of ether oxygens (including phenoxy) is 1. The highest BCUT2D eigenvalue weighted by Gasteiger charge is 2.34. The molecule has 1 saturated carbocycles. The lowest BCUT2D eigenvalue weighted by Crippen LogP contribution is -2.30. The van der Waals surface area contributed by atoms with Crippen LogP contribution in [0.2, 0.25) is 0 Å². The van der Waals surface area contributed by atoms with Crippen molar-refractivity contribution in [2.45, 2.75) is 25.3 Å². The van der Waals surface area contributed by atoms with Crippen molar-refractivity contribution in [1.82, 2.24) is 10.2 Å². The highest BCUT2D eigenvalue weighted by Crippen LogP contribution is 2.31. The second-order valence-electron chi connectivity index (χ2n) is 6.57. The van der Waals surface area contributed by atoms with Crippen LogP contribution in [0, 0.1) is 5.92 Å². The van der Waals surface area contributed by atoms with E-state index in [4.69, 9.17) is 0 Å². The van der Waals surface area contributed by atoms with Crippen molar-refractivity contribution in [2.75, 3.05) is 26.7 Å². The SMILES string of the molecule is COC(=O)c1ccc(/C=C/C(=O)NC[C@H]2CCN(C3CC3)C2)cc1. The normalized spacial score (nSPS) is 21.1. The van der Waals surface area contributed by atoms with Crippen LogP contribution in [-0.2, 0) is 9.53 Å². The third-order valence-electron chi connectivity index (χ3n) is 4.70. The Balaban J connectivity index is 1.42. The van der Waals surface area contributed by atoms with Gasteiger partial charge in [-0.2, -0.15) is 0 Å². The quantitative estimate of drug-likeness (QED) is 0.642. The maximum atomic E-state index is 11.9. The molecule has 24 heavy (non-hydrogen) atoms. The molecule has 1 aliphatic carbocycles. The Hall–Kier alpha value is -2.14. The summed E-state index contributed by atoms with van der Waals surface area (Å²) >= 11 is 0. The molecule has 2 aliphatic rings. The van der Waals surface area contributed by atoms with Gasteiger partial charge in [-0.25, -0.2) is 4.79 Å². The first-order valence-electron chi connectivity index (χ1n) is 8.54. The lowest BCUT2D eigenvalue weighted by atomic mass is 10.1. The van der Waals surface area contributed by atoms with E-state index in [-0.39, 0.29) is 11.9 Å². The fourth-order valence-corrected chi connectivity index (χ4v) is 3.12. The monoisotopic (exact) mass is 328 g/mol. The number of nitrogens with zero attached hydrogens (tertiary/aromatic N) is 1. The Bertz CT molecular complexity index is 620. The number of hydrogen-bond acceptors (Lipinski definition) is 4. The molecule has 5 nitrogen and oxygen atoms in total. The van der Waals surface area contributed by atoms with Gasteiger partial charge in [0.2, 0.25) is 5.91 Å². The predicted octanol–water partition coefficient (Wildman–Crippen LogP) is 2.09. The standard InChI is InChI=1S/C19H24N2O3/c1-24-19(23)16-5-2-14(3-6-16)4-9-18(22)20-12-15-10-11-21(13-15)17-7-8-17/h2-6,9,15,17H,7-8,10-13H2,1H3,(H,20,22)/b9-4+/t15-/m1/s1. The fraction of sp³-hybridized carbons (Fsp3) is 0.474. The molecule has 1 aromatic rings. The first kappa shape index (κ1) is 16.7. The number of esters is 1. The van der Waals surface area contributed by atoms with Crippen molar-refractivity contribution >= 4 is 18.0 Å². The Kier molecular flexibility index (Phi) is 5.30. The predicted molar refractivity (Wildman–Crippen MR) is 92.5 cm³/mol. The molecule has 5 heteroatoms. The smallest absolute Gasteiger partial charge is 0.337 e. The van der Waals surface area contributed by atoms with Gasteiger partial charge in [0.1, 0.15) is 0 Å². The summed E-state index contributed by atoms with van der Waals surface area (Å²) in [6.45, 7) is 3.03. The lowest BCUT2D eigenvalue weighted by Gasteiger charge is -2.14. The van der Waals surface area contributed by atoms with E-state index in [0.29, 0.717) is 11.5 Å². The maximum absolute atomic E-state index is 11.9. The van der Waals surface area contributed by atoms with Crippen LogP contribution in [0.4, 0.5) is 0 Å². The van der Waals surface area contributed by atoms with Crippen LogP contribution in [0.15, 0.2) is 30.3 Å². The third kappa shape index (κ3) is 4.45. The van der Waals surface area contributed by atoms with Crippen LogP contribution in [0.3, 0.4) is 0 Å². The average molecular weight is 328 g/mol. The van der Waals surface area contributed by atoms with Crippen LogP contribution >= 0.6 is 0 Å². The molecule has 1 N–H and O–H groups in total. The first-order chi connectivity index (χ1) is 11.7. The largest absolute Gasteiger partial charge is 0.465 e.